The summed E-state index contributed by atoms with van der Waals surface area (Å²) >= 11 is 6.09. The highest BCUT2D eigenvalue weighted by Crippen LogP contribution is 2.47. The van der Waals surface area contributed by atoms with Crippen molar-refractivity contribution in [3.05, 3.63) is 64.7 Å². The molecule has 130 valence electrons. The maximum Gasteiger partial charge on any atom is 0.240 e. The SMILES string of the molecule is Cc1c(Cl)cccc1NC(=O)C1(C(=O)NCCc2ccccc2)CC1. The van der Waals surface area contributed by atoms with Crippen LogP contribution in [0.4, 0.5) is 5.69 Å². The fourth-order valence-corrected chi connectivity index (χ4v) is 2.98. The Morgan fingerprint density at radius 1 is 1.04 bits per heavy atom. The van der Waals surface area contributed by atoms with Gasteiger partial charge in [0.2, 0.25) is 11.8 Å². The summed E-state index contributed by atoms with van der Waals surface area (Å²) < 4.78 is 0. The fourth-order valence-electron chi connectivity index (χ4n) is 2.80. The number of carbonyl (C=O) groups excluding carboxylic acids is 2. The third-order valence-electron chi connectivity index (χ3n) is 4.68. The maximum absolute atomic E-state index is 12.6. The van der Waals surface area contributed by atoms with Crippen molar-refractivity contribution < 1.29 is 9.59 Å². The third-order valence-corrected chi connectivity index (χ3v) is 5.09. The molecular formula is C20H21ClN2O2. The zero-order valence-electron chi connectivity index (χ0n) is 14.1. The summed E-state index contributed by atoms with van der Waals surface area (Å²) in [6.45, 7) is 2.37. The standard InChI is InChI=1S/C20H21ClN2O2/c1-14-16(21)8-5-9-17(14)23-19(25)20(11-12-20)18(24)22-13-10-15-6-3-2-4-7-15/h2-9H,10-13H2,1H3,(H,22,24)(H,23,25). The minimum Gasteiger partial charge on any atom is -0.355 e. The van der Waals surface area contributed by atoms with Crippen LogP contribution in [0.25, 0.3) is 0 Å². The largest absolute Gasteiger partial charge is 0.355 e. The number of hydrogen-bond donors (Lipinski definition) is 2. The van der Waals surface area contributed by atoms with Crippen molar-refractivity contribution in [3.8, 4) is 0 Å². The van der Waals surface area contributed by atoms with Gasteiger partial charge in [0.05, 0.1) is 0 Å². The van der Waals surface area contributed by atoms with Crippen LogP contribution in [0, 0.1) is 12.3 Å². The van der Waals surface area contributed by atoms with Gasteiger partial charge in [0.1, 0.15) is 5.41 Å². The fraction of sp³-hybridized carbons (Fsp3) is 0.300. The second-order valence-electron chi connectivity index (χ2n) is 6.44. The van der Waals surface area contributed by atoms with Crippen LogP contribution in [0.15, 0.2) is 48.5 Å². The Kier molecular flexibility index (Phi) is 5.09. The van der Waals surface area contributed by atoms with E-state index < -0.39 is 5.41 Å². The summed E-state index contributed by atoms with van der Waals surface area (Å²) in [6, 6.07) is 15.3. The van der Waals surface area contributed by atoms with Crippen LogP contribution in [0.2, 0.25) is 5.02 Å². The lowest BCUT2D eigenvalue weighted by Crippen LogP contribution is -2.40. The molecule has 1 saturated carbocycles. The lowest BCUT2D eigenvalue weighted by molar-refractivity contribution is -0.134. The summed E-state index contributed by atoms with van der Waals surface area (Å²) in [5.74, 6) is -0.448. The van der Waals surface area contributed by atoms with E-state index in [2.05, 4.69) is 10.6 Å². The quantitative estimate of drug-likeness (QED) is 0.775. The lowest BCUT2D eigenvalue weighted by Gasteiger charge is -2.17. The molecule has 2 amide bonds. The van der Waals surface area contributed by atoms with Crippen LogP contribution in [0.1, 0.15) is 24.0 Å². The van der Waals surface area contributed by atoms with Gasteiger partial charge in [-0.25, -0.2) is 0 Å². The molecule has 0 unspecified atom stereocenters. The molecule has 0 atom stereocenters. The molecule has 2 N–H and O–H groups in total. The van der Waals surface area contributed by atoms with Crippen molar-refractivity contribution in [1.29, 1.82) is 0 Å². The van der Waals surface area contributed by atoms with Crippen molar-refractivity contribution in [2.75, 3.05) is 11.9 Å². The Hall–Kier alpha value is -2.33. The Morgan fingerprint density at radius 3 is 2.44 bits per heavy atom. The number of rotatable bonds is 6. The molecule has 1 aliphatic carbocycles. The molecule has 2 aromatic carbocycles. The van der Waals surface area contributed by atoms with Gasteiger partial charge in [0.15, 0.2) is 0 Å². The molecule has 0 radical (unpaired) electrons. The molecule has 0 bridgehead atoms. The monoisotopic (exact) mass is 356 g/mol. The number of benzene rings is 2. The minimum absolute atomic E-state index is 0.194. The molecule has 5 heteroatoms. The molecule has 0 saturated heterocycles. The van der Waals surface area contributed by atoms with Crippen LogP contribution in [-0.4, -0.2) is 18.4 Å². The molecule has 1 aliphatic rings. The van der Waals surface area contributed by atoms with Crippen molar-refractivity contribution in [2.45, 2.75) is 26.2 Å². The predicted molar refractivity (Wildman–Crippen MR) is 99.6 cm³/mol. The molecular weight excluding hydrogens is 336 g/mol. The molecule has 0 aromatic heterocycles. The number of halogens is 1. The van der Waals surface area contributed by atoms with E-state index in [1.807, 2.05) is 37.3 Å². The van der Waals surface area contributed by atoms with Gasteiger partial charge in [0.25, 0.3) is 0 Å². The van der Waals surface area contributed by atoms with Gasteiger partial charge in [-0.2, -0.15) is 0 Å². The van der Waals surface area contributed by atoms with Gasteiger partial charge in [0, 0.05) is 17.3 Å². The second kappa shape index (κ2) is 7.28. The third kappa shape index (κ3) is 3.85. The highest BCUT2D eigenvalue weighted by atomic mass is 35.5. The summed E-state index contributed by atoms with van der Waals surface area (Å²) in [7, 11) is 0. The summed E-state index contributed by atoms with van der Waals surface area (Å²) in [4.78, 5) is 25.1. The van der Waals surface area contributed by atoms with Crippen molar-refractivity contribution in [1.82, 2.24) is 5.32 Å². The molecule has 0 spiro atoms. The number of nitrogens with one attached hydrogen (secondary N) is 2. The van der Waals surface area contributed by atoms with E-state index in [0.29, 0.717) is 30.1 Å². The average Bonchev–Trinajstić information content (AvgIpc) is 3.42. The van der Waals surface area contributed by atoms with E-state index in [-0.39, 0.29) is 11.8 Å². The van der Waals surface area contributed by atoms with Gasteiger partial charge < -0.3 is 10.6 Å². The van der Waals surface area contributed by atoms with E-state index in [9.17, 15) is 9.59 Å². The van der Waals surface area contributed by atoms with Crippen LogP contribution >= 0.6 is 11.6 Å². The number of hydrogen-bond acceptors (Lipinski definition) is 2. The summed E-state index contributed by atoms with van der Waals surface area (Å²) in [6.07, 6.45) is 1.91. The Bertz CT molecular complexity index is 786. The van der Waals surface area contributed by atoms with Crippen LogP contribution in [0.5, 0.6) is 0 Å². The predicted octanol–water partition coefficient (Wildman–Crippen LogP) is 3.73. The lowest BCUT2D eigenvalue weighted by atomic mass is 10.0. The Morgan fingerprint density at radius 2 is 1.76 bits per heavy atom. The first kappa shape index (κ1) is 17.5. The molecule has 1 fully saturated rings. The minimum atomic E-state index is -0.939. The van der Waals surface area contributed by atoms with E-state index in [1.165, 1.54) is 0 Å². The Labute approximate surface area is 152 Å². The molecule has 3 rings (SSSR count). The van der Waals surface area contributed by atoms with Gasteiger partial charge >= 0.3 is 0 Å². The van der Waals surface area contributed by atoms with Gasteiger partial charge in [-0.05, 0) is 49.4 Å². The van der Waals surface area contributed by atoms with Crippen LogP contribution in [0.3, 0.4) is 0 Å². The first-order valence-electron chi connectivity index (χ1n) is 8.42. The maximum atomic E-state index is 12.6. The molecule has 0 aliphatic heterocycles. The summed E-state index contributed by atoms with van der Waals surface area (Å²) in [5, 5.41) is 6.35. The highest BCUT2D eigenvalue weighted by Gasteiger charge is 2.56. The molecule has 0 heterocycles. The Balaban J connectivity index is 1.58. The number of anilines is 1. The number of carbonyl (C=O) groups is 2. The van der Waals surface area contributed by atoms with Crippen molar-refractivity contribution >= 4 is 29.1 Å². The van der Waals surface area contributed by atoms with Crippen molar-refractivity contribution in [3.63, 3.8) is 0 Å². The van der Waals surface area contributed by atoms with E-state index >= 15 is 0 Å². The van der Waals surface area contributed by atoms with Crippen LogP contribution < -0.4 is 10.6 Å². The van der Waals surface area contributed by atoms with Gasteiger partial charge in [-0.15, -0.1) is 0 Å². The second-order valence-corrected chi connectivity index (χ2v) is 6.85. The normalized spacial score (nSPS) is 14.6. The zero-order valence-corrected chi connectivity index (χ0v) is 14.9. The van der Waals surface area contributed by atoms with E-state index in [4.69, 9.17) is 11.6 Å². The smallest absolute Gasteiger partial charge is 0.240 e. The van der Waals surface area contributed by atoms with Gasteiger partial charge in [-0.3, -0.25) is 9.59 Å². The average molecular weight is 357 g/mol. The summed E-state index contributed by atoms with van der Waals surface area (Å²) in [5.41, 5.74) is 1.68. The van der Waals surface area contributed by atoms with Gasteiger partial charge in [-0.1, -0.05) is 48.0 Å². The topological polar surface area (TPSA) is 58.2 Å². The van der Waals surface area contributed by atoms with Crippen molar-refractivity contribution in [2.24, 2.45) is 5.41 Å². The first-order valence-corrected chi connectivity index (χ1v) is 8.79. The highest BCUT2D eigenvalue weighted by molar-refractivity contribution is 6.31. The van der Waals surface area contributed by atoms with Crippen LogP contribution in [-0.2, 0) is 16.0 Å². The van der Waals surface area contributed by atoms with E-state index in [0.717, 1.165) is 17.5 Å². The first-order chi connectivity index (χ1) is 12.0. The number of amides is 2. The molecule has 25 heavy (non-hydrogen) atoms. The molecule has 2 aromatic rings. The zero-order chi connectivity index (χ0) is 17.9. The van der Waals surface area contributed by atoms with E-state index in [1.54, 1.807) is 18.2 Å². The molecule has 4 nitrogen and oxygen atoms in total.